The van der Waals surface area contributed by atoms with Gasteiger partial charge in [0.25, 0.3) is 0 Å². The van der Waals surface area contributed by atoms with Gasteiger partial charge in [-0.1, -0.05) is 19.8 Å². The number of hydrogen-bond donors (Lipinski definition) is 1. The molecule has 3 heteroatoms. The third-order valence-corrected chi connectivity index (χ3v) is 4.00. The van der Waals surface area contributed by atoms with E-state index in [0.29, 0.717) is 6.61 Å². The van der Waals surface area contributed by atoms with Gasteiger partial charge in [-0.25, -0.2) is 0 Å². The predicted octanol–water partition coefficient (Wildman–Crippen LogP) is 1.96. The average Bonchev–Trinajstić information content (AvgIpc) is 2.38. The van der Waals surface area contributed by atoms with Gasteiger partial charge in [0, 0.05) is 38.8 Å². The Morgan fingerprint density at radius 1 is 1.00 bits per heavy atom. The zero-order chi connectivity index (χ0) is 12.5. The molecule has 0 aromatic heterocycles. The second-order valence-electron chi connectivity index (χ2n) is 5.27. The zero-order valence-electron chi connectivity index (χ0n) is 11.7. The van der Waals surface area contributed by atoms with Gasteiger partial charge in [0.05, 0.1) is 0 Å². The molecule has 0 aromatic rings. The van der Waals surface area contributed by atoms with Gasteiger partial charge in [0.2, 0.25) is 0 Å². The molecule has 1 saturated heterocycles. The summed E-state index contributed by atoms with van der Waals surface area (Å²) in [5, 5.41) is 8.70. The van der Waals surface area contributed by atoms with Crippen molar-refractivity contribution < 1.29 is 5.11 Å². The molecule has 0 radical (unpaired) electrons. The van der Waals surface area contributed by atoms with Crippen molar-refractivity contribution in [1.29, 1.82) is 0 Å². The number of unbranched alkanes of at least 4 members (excludes halogenated alkanes) is 3. The van der Waals surface area contributed by atoms with E-state index in [1.54, 1.807) is 0 Å². The van der Waals surface area contributed by atoms with Crippen molar-refractivity contribution in [2.75, 3.05) is 39.3 Å². The summed E-state index contributed by atoms with van der Waals surface area (Å²) in [5.74, 6) is 0. The number of nitrogens with zero attached hydrogens (tertiary/aromatic N) is 2. The number of aliphatic hydroxyl groups is 1. The summed E-state index contributed by atoms with van der Waals surface area (Å²) in [6.07, 6.45) is 5.99. The van der Waals surface area contributed by atoms with Crippen LogP contribution in [0.1, 0.15) is 46.0 Å². The maximum atomic E-state index is 8.70. The van der Waals surface area contributed by atoms with Gasteiger partial charge < -0.3 is 10.0 Å². The van der Waals surface area contributed by atoms with Crippen molar-refractivity contribution in [1.82, 2.24) is 9.80 Å². The van der Waals surface area contributed by atoms with Crippen LogP contribution in [0, 0.1) is 0 Å². The highest BCUT2D eigenvalue weighted by Gasteiger charge is 2.19. The molecule has 1 aliphatic rings. The second kappa shape index (κ2) is 8.90. The molecule has 1 aliphatic heterocycles. The van der Waals surface area contributed by atoms with Crippen molar-refractivity contribution in [3.8, 4) is 0 Å². The fourth-order valence-electron chi connectivity index (χ4n) is 2.49. The minimum absolute atomic E-state index is 0.355. The molecule has 3 nitrogen and oxygen atoms in total. The van der Waals surface area contributed by atoms with E-state index in [1.807, 2.05) is 0 Å². The van der Waals surface area contributed by atoms with Crippen molar-refractivity contribution >= 4 is 0 Å². The summed E-state index contributed by atoms with van der Waals surface area (Å²) < 4.78 is 0. The Labute approximate surface area is 107 Å². The van der Waals surface area contributed by atoms with E-state index in [2.05, 4.69) is 23.6 Å². The Balaban J connectivity index is 2.03. The van der Waals surface area contributed by atoms with Crippen molar-refractivity contribution in [3.05, 3.63) is 0 Å². The molecular weight excluding hydrogens is 212 g/mol. The van der Waals surface area contributed by atoms with Crippen molar-refractivity contribution in [3.63, 3.8) is 0 Å². The first-order valence-electron chi connectivity index (χ1n) is 7.35. The van der Waals surface area contributed by atoms with E-state index in [1.165, 1.54) is 58.4 Å². The van der Waals surface area contributed by atoms with Crippen LogP contribution in [0.3, 0.4) is 0 Å². The molecule has 1 atom stereocenters. The molecule has 0 amide bonds. The predicted molar refractivity (Wildman–Crippen MR) is 73.3 cm³/mol. The lowest BCUT2D eigenvalue weighted by Crippen LogP contribution is -2.49. The minimum Gasteiger partial charge on any atom is -0.396 e. The summed E-state index contributed by atoms with van der Waals surface area (Å²) in [4.78, 5) is 5.21. The largest absolute Gasteiger partial charge is 0.396 e. The van der Waals surface area contributed by atoms with E-state index in [0.717, 1.165) is 12.5 Å². The summed E-state index contributed by atoms with van der Waals surface area (Å²) in [7, 11) is 0. The van der Waals surface area contributed by atoms with E-state index in [-0.39, 0.29) is 0 Å². The SMILES string of the molecule is CCC(C)N1CCN(CCCCCCO)CC1. The topological polar surface area (TPSA) is 26.7 Å². The van der Waals surface area contributed by atoms with E-state index < -0.39 is 0 Å². The molecule has 1 fully saturated rings. The number of rotatable bonds is 8. The van der Waals surface area contributed by atoms with Gasteiger partial charge in [-0.3, -0.25) is 4.90 Å². The minimum atomic E-state index is 0.355. The molecule has 0 aliphatic carbocycles. The Morgan fingerprint density at radius 3 is 2.24 bits per heavy atom. The molecule has 1 N–H and O–H groups in total. The fourth-order valence-corrected chi connectivity index (χ4v) is 2.49. The van der Waals surface area contributed by atoms with Crippen LogP contribution in [0.25, 0.3) is 0 Å². The highest BCUT2D eigenvalue weighted by molar-refractivity contribution is 4.75. The molecule has 102 valence electrons. The molecule has 17 heavy (non-hydrogen) atoms. The van der Waals surface area contributed by atoms with Crippen molar-refractivity contribution in [2.24, 2.45) is 0 Å². The van der Waals surface area contributed by atoms with Gasteiger partial charge in [-0.05, 0) is 32.7 Å². The highest BCUT2D eigenvalue weighted by Crippen LogP contribution is 2.10. The zero-order valence-corrected chi connectivity index (χ0v) is 11.7. The molecule has 0 bridgehead atoms. The summed E-state index contributed by atoms with van der Waals surface area (Å²) >= 11 is 0. The van der Waals surface area contributed by atoms with Crippen LogP contribution >= 0.6 is 0 Å². The van der Waals surface area contributed by atoms with Gasteiger partial charge in [-0.15, -0.1) is 0 Å². The van der Waals surface area contributed by atoms with Crippen LogP contribution in [0.5, 0.6) is 0 Å². The maximum Gasteiger partial charge on any atom is 0.0431 e. The van der Waals surface area contributed by atoms with Crippen molar-refractivity contribution in [2.45, 2.75) is 52.0 Å². The molecule has 0 spiro atoms. The number of hydrogen-bond acceptors (Lipinski definition) is 3. The molecular formula is C14H30N2O. The Morgan fingerprint density at radius 2 is 1.65 bits per heavy atom. The standard InChI is InChI=1S/C14H30N2O/c1-3-14(2)16-11-9-15(10-12-16)8-6-4-5-7-13-17/h14,17H,3-13H2,1-2H3. The number of piperazine rings is 1. The van der Waals surface area contributed by atoms with E-state index in [4.69, 9.17) is 5.11 Å². The fraction of sp³-hybridized carbons (Fsp3) is 1.00. The average molecular weight is 242 g/mol. The van der Waals surface area contributed by atoms with Crippen LogP contribution in [0.15, 0.2) is 0 Å². The molecule has 0 aromatic carbocycles. The molecule has 1 unspecified atom stereocenters. The van der Waals surface area contributed by atoms with E-state index >= 15 is 0 Å². The monoisotopic (exact) mass is 242 g/mol. The van der Waals surface area contributed by atoms with Gasteiger partial charge in [0.1, 0.15) is 0 Å². The summed E-state index contributed by atoms with van der Waals surface area (Å²) in [6.45, 7) is 11.2. The lowest BCUT2D eigenvalue weighted by Gasteiger charge is -2.37. The normalized spacial score (nSPS) is 20.6. The van der Waals surface area contributed by atoms with Crippen LogP contribution in [0.2, 0.25) is 0 Å². The molecule has 1 rings (SSSR count). The first-order valence-corrected chi connectivity index (χ1v) is 7.35. The molecule has 1 heterocycles. The summed E-state index contributed by atoms with van der Waals surface area (Å²) in [6, 6.07) is 0.752. The first-order chi connectivity index (χ1) is 8.27. The summed E-state index contributed by atoms with van der Waals surface area (Å²) in [5.41, 5.74) is 0. The first kappa shape index (κ1) is 14.9. The molecule has 0 saturated carbocycles. The third kappa shape index (κ3) is 5.84. The van der Waals surface area contributed by atoms with Gasteiger partial charge in [-0.2, -0.15) is 0 Å². The van der Waals surface area contributed by atoms with Crippen LogP contribution in [0.4, 0.5) is 0 Å². The third-order valence-electron chi connectivity index (χ3n) is 4.00. The maximum absolute atomic E-state index is 8.70. The van der Waals surface area contributed by atoms with Crippen LogP contribution < -0.4 is 0 Å². The quantitative estimate of drug-likeness (QED) is 0.659. The highest BCUT2D eigenvalue weighted by atomic mass is 16.2. The van der Waals surface area contributed by atoms with Crippen LogP contribution in [-0.4, -0.2) is 60.3 Å². The van der Waals surface area contributed by atoms with E-state index in [9.17, 15) is 0 Å². The smallest absolute Gasteiger partial charge is 0.0431 e. The van der Waals surface area contributed by atoms with Gasteiger partial charge in [0.15, 0.2) is 0 Å². The lowest BCUT2D eigenvalue weighted by molar-refractivity contribution is 0.0993. The lowest BCUT2D eigenvalue weighted by atomic mass is 10.1. The van der Waals surface area contributed by atoms with Gasteiger partial charge >= 0.3 is 0 Å². The second-order valence-corrected chi connectivity index (χ2v) is 5.27. The van der Waals surface area contributed by atoms with Crippen LogP contribution in [-0.2, 0) is 0 Å². The Bertz CT molecular complexity index is 179. The number of aliphatic hydroxyl groups excluding tert-OH is 1. The Kier molecular flexibility index (Phi) is 7.82. The Hall–Kier alpha value is -0.120.